The van der Waals surface area contributed by atoms with Gasteiger partial charge in [0, 0.05) is 25.5 Å². The zero-order valence-corrected chi connectivity index (χ0v) is 19.3. The molecular weight excluding hydrogens is 364 g/mol. The maximum Gasteiger partial charge on any atom is 0.147 e. The summed E-state index contributed by atoms with van der Waals surface area (Å²) in [5, 5.41) is 0. The monoisotopic (exact) mass is 398 g/mol. The minimum atomic E-state index is -1.41. The summed E-state index contributed by atoms with van der Waals surface area (Å²) in [7, 11) is 1.90. The average molecular weight is 399 g/mol. The highest BCUT2D eigenvalue weighted by molar-refractivity contribution is 6.83. The van der Waals surface area contributed by atoms with Crippen molar-refractivity contribution in [1.82, 2.24) is 0 Å². The van der Waals surface area contributed by atoms with E-state index in [0.29, 0.717) is 0 Å². The smallest absolute Gasteiger partial charge is 0.147 e. The Kier molecular flexibility index (Phi) is 10.7. The normalized spacial score (nSPS) is 11.6. The lowest BCUT2D eigenvalue weighted by molar-refractivity contribution is -0.0605. The maximum atomic E-state index is 5.61. The topological polar surface area (TPSA) is 27.7 Å². The van der Waals surface area contributed by atoms with Crippen molar-refractivity contribution in [1.29, 1.82) is 0 Å². The summed E-state index contributed by atoms with van der Waals surface area (Å²) in [5.41, 5.74) is 6.73. The molecule has 0 saturated carbocycles. The van der Waals surface area contributed by atoms with Crippen molar-refractivity contribution >= 4 is 8.07 Å². The lowest BCUT2D eigenvalue weighted by atomic mass is 10.0. The quantitative estimate of drug-likeness (QED) is 0.247. The van der Waals surface area contributed by atoms with Crippen LogP contribution in [-0.4, -0.2) is 35.2 Å². The number of benzene rings is 1. The highest BCUT2D eigenvalue weighted by atomic mass is 28.3. The highest BCUT2D eigenvalue weighted by Gasteiger charge is 2.09. The third-order valence-electron chi connectivity index (χ3n) is 4.00. The number of hydrogen-bond acceptors (Lipinski definition) is 3. The minimum absolute atomic E-state index is 0.00363. The summed E-state index contributed by atoms with van der Waals surface area (Å²) in [4.78, 5) is 0. The molecule has 0 fully saturated rings. The van der Waals surface area contributed by atoms with E-state index in [9.17, 15) is 0 Å². The standard InChI is InChI=1S/C24H34O3Si/c1-20(2)24(27-19-25-3)13-11-9-8-10-12-22-18-23(26-4)15-14-21(22)16-17-28(5,6)7/h14-15,18,24H,1,10-13,19H2,2-7H3. The van der Waals surface area contributed by atoms with E-state index >= 15 is 0 Å². The van der Waals surface area contributed by atoms with Gasteiger partial charge < -0.3 is 14.2 Å². The van der Waals surface area contributed by atoms with Gasteiger partial charge in [0.15, 0.2) is 0 Å². The molecule has 0 aliphatic rings. The number of methoxy groups -OCH3 is 2. The Morgan fingerprint density at radius 3 is 2.46 bits per heavy atom. The Bertz CT molecular complexity index is 754. The van der Waals surface area contributed by atoms with Crippen LogP contribution in [-0.2, 0) is 15.9 Å². The molecule has 0 amide bonds. The molecule has 0 aliphatic carbocycles. The van der Waals surface area contributed by atoms with Gasteiger partial charge >= 0.3 is 0 Å². The van der Waals surface area contributed by atoms with Gasteiger partial charge in [-0.05, 0) is 43.5 Å². The van der Waals surface area contributed by atoms with E-state index in [1.165, 1.54) is 5.56 Å². The van der Waals surface area contributed by atoms with Crippen molar-refractivity contribution in [2.45, 2.75) is 58.4 Å². The van der Waals surface area contributed by atoms with E-state index in [1.54, 1.807) is 14.2 Å². The van der Waals surface area contributed by atoms with Crippen LogP contribution in [0.2, 0.25) is 19.6 Å². The van der Waals surface area contributed by atoms with Gasteiger partial charge in [-0.15, -0.1) is 17.4 Å². The molecule has 0 aromatic heterocycles. The molecule has 0 saturated heterocycles. The van der Waals surface area contributed by atoms with E-state index in [2.05, 4.69) is 61.7 Å². The van der Waals surface area contributed by atoms with Crippen molar-refractivity contribution in [3.63, 3.8) is 0 Å². The van der Waals surface area contributed by atoms with E-state index < -0.39 is 8.07 Å². The fourth-order valence-electron chi connectivity index (χ4n) is 2.48. The van der Waals surface area contributed by atoms with Crippen LogP contribution in [0.3, 0.4) is 0 Å². The molecule has 3 nitrogen and oxygen atoms in total. The predicted molar refractivity (Wildman–Crippen MR) is 120 cm³/mol. The fourth-order valence-corrected chi connectivity index (χ4v) is 2.99. The molecule has 1 aromatic carbocycles. The molecule has 0 radical (unpaired) electrons. The second-order valence-corrected chi connectivity index (χ2v) is 12.6. The Morgan fingerprint density at radius 2 is 1.86 bits per heavy atom. The second kappa shape index (κ2) is 12.5. The van der Waals surface area contributed by atoms with Gasteiger partial charge in [0.05, 0.1) is 13.2 Å². The van der Waals surface area contributed by atoms with E-state index in [-0.39, 0.29) is 12.9 Å². The summed E-state index contributed by atoms with van der Waals surface area (Å²) >= 11 is 0. The number of rotatable bonds is 9. The largest absolute Gasteiger partial charge is 0.497 e. The SMILES string of the molecule is C=C(C)C(CCC#CCCc1cc(OC)ccc1C#C[Si](C)(C)C)OCOC. The van der Waals surface area contributed by atoms with Crippen molar-refractivity contribution in [2.24, 2.45) is 0 Å². The first-order valence-corrected chi connectivity index (χ1v) is 13.2. The molecule has 1 rings (SSSR count). The van der Waals surface area contributed by atoms with Crippen LogP contribution in [0.25, 0.3) is 0 Å². The number of aryl methyl sites for hydroxylation is 1. The van der Waals surface area contributed by atoms with Gasteiger partial charge in [-0.1, -0.05) is 37.7 Å². The third kappa shape index (κ3) is 9.81. The van der Waals surface area contributed by atoms with Crippen LogP contribution < -0.4 is 4.74 Å². The van der Waals surface area contributed by atoms with Crippen LogP contribution in [0.15, 0.2) is 30.4 Å². The Hall–Kier alpha value is -1.98. The zero-order valence-electron chi connectivity index (χ0n) is 18.3. The van der Waals surface area contributed by atoms with Crippen LogP contribution in [0.1, 0.15) is 37.3 Å². The first kappa shape index (κ1) is 24.1. The number of hydrogen-bond donors (Lipinski definition) is 0. The molecule has 1 unspecified atom stereocenters. The zero-order chi connectivity index (χ0) is 21.0. The van der Waals surface area contributed by atoms with Gasteiger partial charge in [-0.25, -0.2) is 0 Å². The molecular formula is C24H34O3Si. The summed E-state index contributed by atoms with van der Waals surface area (Å²) in [6.07, 6.45) is 3.27. The van der Waals surface area contributed by atoms with E-state index in [4.69, 9.17) is 14.2 Å². The predicted octanol–water partition coefficient (Wildman–Crippen LogP) is 5.21. The third-order valence-corrected chi connectivity index (χ3v) is 4.87. The first-order chi connectivity index (χ1) is 13.3. The van der Waals surface area contributed by atoms with Crippen molar-refractivity contribution in [3.05, 3.63) is 41.5 Å². The van der Waals surface area contributed by atoms with Gasteiger partial charge in [0.2, 0.25) is 0 Å². The molecule has 1 aromatic rings. The molecule has 0 heterocycles. The van der Waals surface area contributed by atoms with Crippen molar-refractivity contribution < 1.29 is 14.2 Å². The summed E-state index contributed by atoms with van der Waals surface area (Å²) < 4.78 is 16.0. The van der Waals surface area contributed by atoms with Gasteiger partial charge in [-0.2, -0.15) is 0 Å². The molecule has 0 bridgehead atoms. The molecule has 1 atom stereocenters. The van der Waals surface area contributed by atoms with E-state index in [0.717, 1.165) is 42.6 Å². The molecule has 152 valence electrons. The van der Waals surface area contributed by atoms with Crippen LogP contribution >= 0.6 is 0 Å². The van der Waals surface area contributed by atoms with Crippen LogP contribution in [0, 0.1) is 23.3 Å². The molecule has 28 heavy (non-hydrogen) atoms. The van der Waals surface area contributed by atoms with E-state index in [1.807, 2.05) is 13.0 Å². The van der Waals surface area contributed by atoms with Crippen molar-refractivity contribution in [2.75, 3.05) is 21.0 Å². The highest BCUT2D eigenvalue weighted by Crippen LogP contribution is 2.19. The summed E-state index contributed by atoms with van der Waals surface area (Å²) in [6.45, 7) is 13.0. The van der Waals surface area contributed by atoms with Crippen molar-refractivity contribution in [3.8, 4) is 29.1 Å². The fraction of sp³-hybridized carbons (Fsp3) is 0.500. The van der Waals surface area contributed by atoms with Crippen LogP contribution in [0.4, 0.5) is 0 Å². The minimum Gasteiger partial charge on any atom is -0.497 e. The summed E-state index contributed by atoms with van der Waals surface area (Å²) in [6, 6.07) is 6.10. The Labute approximate surface area is 172 Å². The second-order valence-electron chi connectivity index (χ2n) is 7.82. The van der Waals surface area contributed by atoms with Crippen LogP contribution in [0.5, 0.6) is 5.75 Å². The summed E-state index contributed by atoms with van der Waals surface area (Å²) in [5.74, 6) is 10.8. The Morgan fingerprint density at radius 1 is 1.14 bits per heavy atom. The van der Waals surface area contributed by atoms with Gasteiger partial charge in [0.1, 0.15) is 20.6 Å². The first-order valence-electron chi connectivity index (χ1n) is 9.68. The number of ether oxygens (including phenoxy) is 3. The molecule has 0 aliphatic heterocycles. The lowest BCUT2D eigenvalue weighted by Gasteiger charge is -2.15. The average Bonchev–Trinajstić information content (AvgIpc) is 2.64. The van der Waals surface area contributed by atoms with Gasteiger partial charge in [0.25, 0.3) is 0 Å². The van der Waals surface area contributed by atoms with Gasteiger partial charge in [-0.3, -0.25) is 0 Å². The molecule has 4 heteroatoms. The molecule has 0 spiro atoms. The Balaban J connectivity index is 2.68. The maximum absolute atomic E-state index is 5.61. The molecule has 0 N–H and O–H groups in total. The lowest BCUT2D eigenvalue weighted by Crippen LogP contribution is -2.16.